The molecule has 7 heteroatoms. The van der Waals surface area contributed by atoms with Crippen molar-refractivity contribution in [2.24, 2.45) is 0 Å². The Labute approximate surface area is 167 Å². The molecule has 1 fully saturated rings. The van der Waals surface area contributed by atoms with E-state index >= 15 is 0 Å². The molecule has 1 aromatic heterocycles. The molecule has 4 rings (SSSR count). The summed E-state index contributed by atoms with van der Waals surface area (Å²) < 4.78 is 32.8. The van der Waals surface area contributed by atoms with Crippen LogP contribution in [-0.2, 0) is 6.54 Å². The second-order valence-electron chi connectivity index (χ2n) is 7.36. The van der Waals surface area contributed by atoms with Crippen LogP contribution in [0.1, 0.15) is 30.0 Å². The van der Waals surface area contributed by atoms with E-state index in [0.717, 1.165) is 43.3 Å². The van der Waals surface area contributed by atoms with Gasteiger partial charge in [-0.3, -0.25) is 10.00 Å². The maximum atomic E-state index is 14.3. The van der Waals surface area contributed by atoms with E-state index in [9.17, 15) is 13.9 Å². The van der Waals surface area contributed by atoms with Gasteiger partial charge in [0.05, 0.1) is 13.3 Å². The Bertz CT molecular complexity index is 1010. The normalized spacial score (nSPS) is 17.4. The van der Waals surface area contributed by atoms with Crippen molar-refractivity contribution in [3.05, 3.63) is 65.5 Å². The SMILES string of the molecule is COc1cccc(CN2CCCC(c3[nH]ncc3-c3ccc(F)cc3F)C2)c1O. The van der Waals surface area contributed by atoms with Crippen LogP contribution in [0, 0.1) is 11.6 Å². The lowest BCUT2D eigenvalue weighted by Gasteiger charge is -2.33. The molecule has 29 heavy (non-hydrogen) atoms. The number of phenols is 1. The number of H-pyrrole nitrogens is 1. The molecule has 1 aliphatic heterocycles. The van der Waals surface area contributed by atoms with Gasteiger partial charge in [0, 0.05) is 47.5 Å². The molecule has 1 saturated heterocycles. The van der Waals surface area contributed by atoms with Crippen LogP contribution in [-0.4, -0.2) is 40.4 Å². The highest BCUT2D eigenvalue weighted by atomic mass is 19.1. The van der Waals surface area contributed by atoms with Gasteiger partial charge in [-0.1, -0.05) is 12.1 Å². The Morgan fingerprint density at radius 3 is 2.90 bits per heavy atom. The van der Waals surface area contributed by atoms with Gasteiger partial charge < -0.3 is 9.84 Å². The first-order chi connectivity index (χ1) is 14.1. The fourth-order valence-electron chi connectivity index (χ4n) is 4.07. The summed E-state index contributed by atoms with van der Waals surface area (Å²) in [6.07, 6.45) is 3.51. The summed E-state index contributed by atoms with van der Waals surface area (Å²) in [4.78, 5) is 2.26. The molecule has 0 saturated carbocycles. The van der Waals surface area contributed by atoms with Crippen molar-refractivity contribution in [1.29, 1.82) is 0 Å². The van der Waals surface area contributed by atoms with Crippen LogP contribution in [0.5, 0.6) is 11.5 Å². The Hall–Kier alpha value is -2.93. The molecular formula is C22H23F2N3O2. The maximum absolute atomic E-state index is 14.3. The number of aromatic nitrogens is 2. The number of nitrogens with one attached hydrogen (secondary N) is 1. The Morgan fingerprint density at radius 1 is 1.24 bits per heavy atom. The number of piperidine rings is 1. The Kier molecular flexibility index (Phi) is 5.49. The predicted octanol–water partition coefficient (Wildman–Crippen LogP) is 4.45. The molecule has 0 amide bonds. The van der Waals surface area contributed by atoms with E-state index in [1.54, 1.807) is 12.3 Å². The molecule has 2 N–H and O–H groups in total. The van der Waals surface area contributed by atoms with Crippen LogP contribution in [0.4, 0.5) is 8.78 Å². The van der Waals surface area contributed by atoms with Crippen molar-refractivity contribution in [3.63, 3.8) is 0 Å². The van der Waals surface area contributed by atoms with Gasteiger partial charge in [0.25, 0.3) is 0 Å². The summed E-state index contributed by atoms with van der Waals surface area (Å²) >= 11 is 0. The number of ether oxygens (including phenoxy) is 1. The highest BCUT2D eigenvalue weighted by Crippen LogP contribution is 2.36. The number of phenolic OH excluding ortho intramolecular Hbond substituents is 1. The third-order valence-electron chi connectivity index (χ3n) is 5.50. The average molecular weight is 399 g/mol. The number of para-hydroxylation sites is 1. The van der Waals surface area contributed by atoms with Crippen molar-refractivity contribution in [3.8, 4) is 22.6 Å². The zero-order valence-electron chi connectivity index (χ0n) is 16.2. The molecule has 0 spiro atoms. The van der Waals surface area contributed by atoms with Crippen LogP contribution >= 0.6 is 0 Å². The van der Waals surface area contributed by atoms with E-state index < -0.39 is 11.6 Å². The van der Waals surface area contributed by atoms with Crippen LogP contribution in [0.25, 0.3) is 11.1 Å². The van der Waals surface area contributed by atoms with Crippen molar-refractivity contribution in [1.82, 2.24) is 15.1 Å². The summed E-state index contributed by atoms with van der Waals surface area (Å²) in [6.45, 7) is 2.24. The number of hydrogen-bond donors (Lipinski definition) is 2. The number of hydrogen-bond acceptors (Lipinski definition) is 4. The fraction of sp³-hybridized carbons (Fsp3) is 0.318. The van der Waals surface area contributed by atoms with Gasteiger partial charge in [-0.2, -0.15) is 5.10 Å². The second-order valence-corrected chi connectivity index (χ2v) is 7.36. The molecule has 152 valence electrons. The molecule has 0 aliphatic carbocycles. The molecule has 1 aliphatic rings. The lowest BCUT2D eigenvalue weighted by atomic mass is 9.90. The Morgan fingerprint density at radius 2 is 2.10 bits per heavy atom. The highest BCUT2D eigenvalue weighted by Gasteiger charge is 2.26. The number of methoxy groups -OCH3 is 1. The lowest BCUT2D eigenvalue weighted by molar-refractivity contribution is 0.196. The summed E-state index contributed by atoms with van der Waals surface area (Å²) in [5.41, 5.74) is 2.67. The maximum Gasteiger partial charge on any atom is 0.162 e. The number of benzene rings is 2. The number of halogens is 2. The topological polar surface area (TPSA) is 61.4 Å². The minimum Gasteiger partial charge on any atom is -0.504 e. The zero-order chi connectivity index (χ0) is 20.4. The van der Waals surface area contributed by atoms with E-state index in [2.05, 4.69) is 15.1 Å². The summed E-state index contributed by atoms with van der Waals surface area (Å²) in [5.74, 6) is -0.440. The predicted molar refractivity (Wildman–Crippen MR) is 106 cm³/mol. The van der Waals surface area contributed by atoms with Crippen molar-refractivity contribution in [2.75, 3.05) is 20.2 Å². The van der Waals surface area contributed by atoms with Crippen LogP contribution in [0.3, 0.4) is 0 Å². The summed E-state index contributed by atoms with van der Waals surface area (Å²) in [6, 6.07) is 9.08. The first kappa shape index (κ1) is 19.4. The van der Waals surface area contributed by atoms with Gasteiger partial charge in [-0.05, 0) is 37.6 Å². The molecular weight excluding hydrogens is 376 g/mol. The van der Waals surface area contributed by atoms with Gasteiger partial charge in [-0.15, -0.1) is 0 Å². The lowest BCUT2D eigenvalue weighted by Crippen LogP contribution is -2.34. The van der Waals surface area contributed by atoms with Gasteiger partial charge in [0.1, 0.15) is 11.6 Å². The smallest absolute Gasteiger partial charge is 0.162 e. The monoisotopic (exact) mass is 399 g/mol. The summed E-state index contributed by atoms with van der Waals surface area (Å²) in [7, 11) is 1.53. The Balaban J connectivity index is 1.55. The van der Waals surface area contributed by atoms with Crippen LogP contribution in [0.15, 0.2) is 42.6 Å². The molecule has 2 heterocycles. The third-order valence-corrected chi connectivity index (χ3v) is 5.50. The molecule has 2 aromatic carbocycles. The second kappa shape index (κ2) is 8.21. The molecule has 0 radical (unpaired) electrons. The average Bonchev–Trinajstić information content (AvgIpc) is 3.19. The molecule has 3 aromatic rings. The number of rotatable bonds is 5. The fourth-order valence-corrected chi connectivity index (χ4v) is 4.07. The standard InChI is InChI=1S/C22H23F2N3O2/c1-29-20-6-2-4-15(22(20)28)13-27-9-3-5-14(12-27)21-18(11-25-26-21)17-8-7-16(23)10-19(17)24/h2,4,6-8,10-11,14,28H,3,5,9,12-13H2,1H3,(H,25,26). The number of aromatic amines is 1. The quantitative estimate of drug-likeness (QED) is 0.666. The molecule has 5 nitrogen and oxygen atoms in total. The number of aromatic hydroxyl groups is 1. The minimum absolute atomic E-state index is 0.137. The van der Waals surface area contributed by atoms with Crippen LogP contribution < -0.4 is 4.74 Å². The third kappa shape index (κ3) is 3.96. The molecule has 1 atom stereocenters. The van der Waals surface area contributed by atoms with Gasteiger partial charge >= 0.3 is 0 Å². The molecule has 1 unspecified atom stereocenters. The van der Waals surface area contributed by atoms with E-state index in [1.807, 2.05) is 12.1 Å². The van der Waals surface area contributed by atoms with Crippen molar-refractivity contribution < 1.29 is 18.6 Å². The van der Waals surface area contributed by atoms with Crippen LogP contribution in [0.2, 0.25) is 0 Å². The van der Waals surface area contributed by atoms with Gasteiger partial charge in [0.2, 0.25) is 0 Å². The van der Waals surface area contributed by atoms with Gasteiger partial charge in [0.15, 0.2) is 11.5 Å². The van der Waals surface area contributed by atoms with E-state index in [0.29, 0.717) is 23.4 Å². The highest BCUT2D eigenvalue weighted by molar-refractivity contribution is 5.66. The van der Waals surface area contributed by atoms with Crippen molar-refractivity contribution in [2.45, 2.75) is 25.3 Å². The number of likely N-dealkylation sites (tertiary alicyclic amines) is 1. The van der Waals surface area contributed by atoms with E-state index in [4.69, 9.17) is 4.74 Å². The first-order valence-corrected chi connectivity index (χ1v) is 9.62. The zero-order valence-corrected chi connectivity index (χ0v) is 16.2. The molecule has 0 bridgehead atoms. The first-order valence-electron chi connectivity index (χ1n) is 9.62. The largest absolute Gasteiger partial charge is 0.504 e. The number of nitrogens with zero attached hydrogens (tertiary/aromatic N) is 2. The summed E-state index contributed by atoms with van der Waals surface area (Å²) in [5, 5.41) is 17.5. The van der Waals surface area contributed by atoms with Crippen molar-refractivity contribution >= 4 is 0 Å². The van der Waals surface area contributed by atoms with E-state index in [1.165, 1.54) is 19.2 Å². The minimum atomic E-state index is -0.599. The van der Waals surface area contributed by atoms with E-state index in [-0.39, 0.29) is 11.7 Å². The van der Waals surface area contributed by atoms with Gasteiger partial charge in [-0.25, -0.2) is 8.78 Å².